The van der Waals surface area contributed by atoms with E-state index in [1.807, 2.05) is 36.4 Å². The van der Waals surface area contributed by atoms with Crippen LogP contribution < -0.4 is 14.2 Å². The minimum Gasteiger partial charge on any atom is -0.493 e. The number of nitrogens with one attached hydrogen (secondary N) is 1. The van der Waals surface area contributed by atoms with Crippen LogP contribution in [0.2, 0.25) is 0 Å². The Morgan fingerprint density at radius 2 is 1.81 bits per heavy atom. The highest BCUT2D eigenvalue weighted by atomic mass is 19.1. The number of fused-ring (bicyclic) bond motifs is 1. The van der Waals surface area contributed by atoms with Crippen LogP contribution in [0, 0.1) is 5.82 Å². The summed E-state index contributed by atoms with van der Waals surface area (Å²) in [4.78, 5) is 8.14. The van der Waals surface area contributed by atoms with E-state index in [0.29, 0.717) is 29.4 Å². The van der Waals surface area contributed by atoms with E-state index in [1.54, 1.807) is 20.3 Å². The number of hydrogen-bond acceptors (Lipinski definition) is 4. The van der Waals surface area contributed by atoms with Gasteiger partial charge in [0.15, 0.2) is 11.5 Å². The Kier molecular flexibility index (Phi) is 4.77. The zero-order valence-electron chi connectivity index (χ0n) is 17.4. The summed E-state index contributed by atoms with van der Waals surface area (Å²) in [6.07, 6.45) is 0.895. The van der Waals surface area contributed by atoms with Crippen LogP contribution in [0.5, 0.6) is 17.2 Å². The maximum Gasteiger partial charge on any atom is 0.164 e. The van der Waals surface area contributed by atoms with Crippen molar-refractivity contribution in [2.45, 2.75) is 17.8 Å². The number of halogens is 1. The van der Waals surface area contributed by atoms with Crippen LogP contribution in [0.25, 0.3) is 11.0 Å². The van der Waals surface area contributed by atoms with Crippen molar-refractivity contribution in [2.75, 3.05) is 20.8 Å². The molecular formula is C25H23FN2O3. The van der Waals surface area contributed by atoms with E-state index in [1.165, 1.54) is 17.7 Å². The van der Waals surface area contributed by atoms with Gasteiger partial charge >= 0.3 is 0 Å². The van der Waals surface area contributed by atoms with Crippen LogP contribution in [-0.4, -0.2) is 30.8 Å². The fourth-order valence-corrected chi connectivity index (χ4v) is 4.25. The lowest BCUT2D eigenvalue weighted by Gasteiger charge is -2.18. The minimum atomic E-state index is -0.315. The summed E-state index contributed by atoms with van der Waals surface area (Å²) in [6, 6.07) is 20.5. The lowest BCUT2D eigenvalue weighted by Crippen LogP contribution is -2.21. The Balaban J connectivity index is 1.48. The van der Waals surface area contributed by atoms with Gasteiger partial charge in [-0.1, -0.05) is 30.3 Å². The van der Waals surface area contributed by atoms with Crippen molar-refractivity contribution in [1.82, 2.24) is 9.97 Å². The van der Waals surface area contributed by atoms with Gasteiger partial charge in [-0.05, 0) is 36.2 Å². The second kappa shape index (κ2) is 7.61. The SMILES string of the molecule is COc1ccc(OCC2(c3nc4cc(F)ccc4[nH]3)CC2c2ccccc2)cc1OC. The summed E-state index contributed by atoms with van der Waals surface area (Å²) in [7, 11) is 3.20. The summed E-state index contributed by atoms with van der Waals surface area (Å²) < 4.78 is 30.6. The molecule has 31 heavy (non-hydrogen) atoms. The molecule has 6 heteroatoms. The molecule has 1 aromatic heterocycles. The maximum atomic E-state index is 13.7. The second-order valence-corrected chi connectivity index (χ2v) is 7.88. The van der Waals surface area contributed by atoms with E-state index in [9.17, 15) is 4.39 Å². The van der Waals surface area contributed by atoms with Crippen molar-refractivity contribution >= 4 is 11.0 Å². The lowest BCUT2D eigenvalue weighted by molar-refractivity contribution is 0.267. The zero-order valence-corrected chi connectivity index (χ0v) is 17.4. The number of aromatic nitrogens is 2. The Labute approximate surface area is 179 Å². The molecule has 3 aromatic carbocycles. The molecule has 0 bridgehead atoms. The highest BCUT2D eigenvalue weighted by molar-refractivity contribution is 5.75. The number of nitrogens with zero attached hydrogens (tertiary/aromatic N) is 1. The molecule has 5 nitrogen and oxygen atoms in total. The van der Waals surface area contributed by atoms with Gasteiger partial charge in [-0.2, -0.15) is 0 Å². The maximum absolute atomic E-state index is 13.7. The fourth-order valence-electron chi connectivity index (χ4n) is 4.25. The second-order valence-electron chi connectivity index (χ2n) is 7.88. The Morgan fingerprint density at radius 3 is 2.58 bits per heavy atom. The molecule has 1 aliphatic rings. The van der Waals surface area contributed by atoms with Gasteiger partial charge in [0.05, 0.1) is 30.7 Å². The molecule has 1 fully saturated rings. The van der Waals surface area contributed by atoms with Gasteiger partial charge in [-0.15, -0.1) is 0 Å². The number of hydrogen-bond donors (Lipinski definition) is 1. The smallest absolute Gasteiger partial charge is 0.164 e. The van der Waals surface area contributed by atoms with Crippen molar-refractivity contribution in [1.29, 1.82) is 0 Å². The van der Waals surface area contributed by atoms with Crippen LogP contribution >= 0.6 is 0 Å². The summed E-state index contributed by atoms with van der Waals surface area (Å²) in [6.45, 7) is 0.435. The number of imidazole rings is 1. The number of methoxy groups -OCH3 is 2. The molecule has 2 atom stereocenters. The molecule has 1 aliphatic carbocycles. The fraction of sp³-hybridized carbons (Fsp3) is 0.240. The van der Waals surface area contributed by atoms with Crippen LogP contribution in [0.3, 0.4) is 0 Å². The van der Waals surface area contributed by atoms with Crippen molar-refractivity contribution in [3.63, 3.8) is 0 Å². The summed E-state index contributed by atoms with van der Waals surface area (Å²) in [5.74, 6) is 2.75. The van der Waals surface area contributed by atoms with E-state index < -0.39 is 0 Å². The average Bonchev–Trinajstić information content (AvgIpc) is 3.40. The number of ether oxygens (including phenoxy) is 3. The highest BCUT2D eigenvalue weighted by Crippen LogP contribution is 2.60. The molecule has 4 aromatic rings. The highest BCUT2D eigenvalue weighted by Gasteiger charge is 2.59. The van der Waals surface area contributed by atoms with Crippen LogP contribution in [0.15, 0.2) is 66.7 Å². The molecule has 5 rings (SSSR count). The average molecular weight is 418 g/mol. The van der Waals surface area contributed by atoms with Crippen LogP contribution in [0.4, 0.5) is 4.39 Å². The van der Waals surface area contributed by atoms with Gasteiger partial charge < -0.3 is 19.2 Å². The van der Waals surface area contributed by atoms with Crippen molar-refractivity contribution in [3.05, 3.63) is 83.9 Å². The van der Waals surface area contributed by atoms with E-state index in [-0.39, 0.29) is 17.2 Å². The number of rotatable bonds is 7. The normalized spacial score (nSPS) is 19.9. The summed E-state index contributed by atoms with van der Waals surface area (Å²) >= 11 is 0. The predicted molar refractivity (Wildman–Crippen MR) is 117 cm³/mol. The van der Waals surface area contributed by atoms with E-state index >= 15 is 0 Å². The molecule has 0 saturated heterocycles. The monoisotopic (exact) mass is 418 g/mol. The third kappa shape index (κ3) is 3.48. The molecule has 1 saturated carbocycles. The first-order valence-corrected chi connectivity index (χ1v) is 10.2. The first-order valence-electron chi connectivity index (χ1n) is 10.2. The molecule has 0 aliphatic heterocycles. The minimum absolute atomic E-state index is 0.263. The van der Waals surface area contributed by atoms with Gasteiger partial charge in [0.1, 0.15) is 24.0 Å². The molecule has 0 spiro atoms. The molecule has 2 unspecified atom stereocenters. The Bertz CT molecular complexity index is 1220. The standard InChI is InChI=1S/C25H23FN2O3/c1-29-22-11-9-18(13-23(22)30-2)31-15-25(14-19(25)16-6-4-3-5-7-16)24-27-20-10-8-17(26)12-21(20)28-24/h3-13,19H,14-15H2,1-2H3,(H,27,28). The van der Waals surface area contributed by atoms with E-state index in [0.717, 1.165) is 17.8 Å². The Morgan fingerprint density at radius 1 is 1.00 bits per heavy atom. The largest absolute Gasteiger partial charge is 0.493 e. The number of benzene rings is 3. The van der Waals surface area contributed by atoms with Gasteiger partial charge in [-0.3, -0.25) is 0 Å². The van der Waals surface area contributed by atoms with Gasteiger partial charge in [0.25, 0.3) is 0 Å². The molecule has 0 amide bonds. The van der Waals surface area contributed by atoms with E-state index in [2.05, 4.69) is 17.1 Å². The third-order valence-electron chi connectivity index (χ3n) is 6.05. The van der Waals surface area contributed by atoms with Gasteiger partial charge in [0.2, 0.25) is 0 Å². The molecule has 1 heterocycles. The first-order chi connectivity index (χ1) is 15.1. The topological polar surface area (TPSA) is 56.4 Å². The third-order valence-corrected chi connectivity index (χ3v) is 6.05. The lowest BCUT2D eigenvalue weighted by atomic mass is 9.99. The first kappa shape index (κ1) is 19.4. The van der Waals surface area contributed by atoms with Crippen molar-refractivity contribution in [2.24, 2.45) is 0 Å². The van der Waals surface area contributed by atoms with Crippen LogP contribution in [-0.2, 0) is 5.41 Å². The zero-order chi connectivity index (χ0) is 21.4. The Hall–Kier alpha value is -3.54. The summed E-state index contributed by atoms with van der Waals surface area (Å²) in [5, 5.41) is 0. The predicted octanol–water partition coefficient (Wildman–Crippen LogP) is 5.22. The molecule has 158 valence electrons. The van der Waals surface area contributed by atoms with Crippen molar-refractivity contribution < 1.29 is 18.6 Å². The quantitative estimate of drug-likeness (QED) is 0.447. The molecule has 0 radical (unpaired) electrons. The number of aromatic amines is 1. The van der Waals surface area contributed by atoms with E-state index in [4.69, 9.17) is 19.2 Å². The van der Waals surface area contributed by atoms with Gasteiger partial charge in [0, 0.05) is 18.1 Å². The molecule has 1 N–H and O–H groups in total. The van der Waals surface area contributed by atoms with Gasteiger partial charge in [-0.25, -0.2) is 9.37 Å². The molecular weight excluding hydrogens is 395 g/mol. The van der Waals surface area contributed by atoms with Crippen molar-refractivity contribution in [3.8, 4) is 17.2 Å². The summed E-state index contributed by atoms with van der Waals surface area (Å²) in [5.41, 5.74) is 2.37. The van der Waals surface area contributed by atoms with Crippen LogP contribution in [0.1, 0.15) is 23.7 Å². The number of H-pyrrole nitrogens is 1.